The highest BCUT2D eigenvalue weighted by Crippen LogP contribution is 2.18. The summed E-state index contributed by atoms with van der Waals surface area (Å²) < 4.78 is 5.08. The molecule has 0 amide bonds. The van der Waals surface area contributed by atoms with Gasteiger partial charge < -0.3 is 4.74 Å². The van der Waals surface area contributed by atoms with Gasteiger partial charge in [0.05, 0.1) is 6.61 Å². The maximum absolute atomic E-state index is 5.08. The largest absolute Gasteiger partial charge is 0.383 e. The molecule has 3 heteroatoms. The van der Waals surface area contributed by atoms with Crippen LogP contribution in [0.4, 0.5) is 0 Å². The van der Waals surface area contributed by atoms with Crippen LogP contribution in [0.5, 0.6) is 0 Å². The van der Waals surface area contributed by atoms with E-state index in [1.807, 2.05) is 0 Å². The Hall–Kier alpha value is -0.120. The second kappa shape index (κ2) is 4.40. The second-order valence-electron chi connectivity index (χ2n) is 4.50. The summed E-state index contributed by atoms with van der Waals surface area (Å²) >= 11 is 0. The lowest BCUT2D eigenvalue weighted by molar-refractivity contribution is 0.0272. The summed E-state index contributed by atoms with van der Waals surface area (Å²) in [6.07, 6.45) is 0. The Kier molecular flexibility index (Phi) is 3.71. The molecule has 0 saturated carbocycles. The normalized spacial score (nSPS) is 24.9. The van der Waals surface area contributed by atoms with Crippen molar-refractivity contribution in [1.82, 2.24) is 9.80 Å². The van der Waals surface area contributed by atoms with Crippen LogP contribution in [0.25, 0.3) is 0 Å². The van der Waals surface area contributed by atoms with Gasteiger partial charge in [-0.3, -0.25) is 9.80 Å². The molecule has 1 aliphatic heterocycles. The van der Waals surface area contributed by atoms with Crippen molar-refractivity contribution in [2.45, 2.75) is 19.4 Å². The first-order valence-electron chi connectivity index (χ1n) is 4.99. The molecule has 0 unspecified atom stereocenters. The first kappa shape index (κ1) is 11.0. The molecule has 13 heavy (non-hydrogen) atoms. The lowest BCUT2D eigenvalue weighted by Crippen LogP contribution is -2.57. The monoisotopic (exact) mass is 186 g/mol. The molecule has 1 aliphatic rings. The summed E-state index contributed by atoms with van der Waals surface area (Å²) in [5.74, 6) is 0. The van der Waals surface area contributed by atoms with Crippen LogP contribution in [0.3, 0.4) is 0 Å². The van der Waals surface area contributed by atoms with Crippen LogP contribution in [0, 0.1) is 0 Å². The molecule has 0 aromatic heterocycles. The highest BCUT2D eigenvalue weighted by Gasteiger charge is 2.30. The zero-order chi connectivity index (χ0) is 9.90. The Labute approximate surface area is 81.7 Å². The van der Waals surface area contributed by atoms with E-state index in [1.165, 1.54) is 6.54 Å². The van der Waals surface area contributed by atoms with Crippen LogP contribution < -0.4 is 0 Å². The van der Waals surface area contributed by atoms with Gasteiger partial charge in [-0.15, -0.1) is 0 Å². The van der Waals surface area contributed by atoms with E-state index >= 15 is 0 Å². The molecule has 0 aromatic carbocycles. The molecular weight excluding hydrogens is 164 g/mol. The summed E-state index contributed by atoms with van der Waals surface area (Å²) in [5.41, 5.74) is 0.311. The molecule has 3 nitrogen and oxygen atoms in total. The minimum Gasteiger partial charge on any atom is -0.383 e. The van der Waals surface area contributed by atoms with Crippen molar-refractivity contribution in [3.05, 3.63) is 0 Å². The zero-order valence-electron chi connectivity index (χ0n) is 9.34. The number of likely N-dealkylation sites (N-methyl/N-ethyl adjacent to an activating group) is 1. The van der Waals surface area contributed by atoms with Crippen molar-refractivity contribution in [3.63, 3.8) is 0 Å². The quantitative estimate of drug-likeness (QED) is 0.644. The highest BCUT2D eigenvalue weighted by atomic mass is 16.5. The van der Waals surface area contributed by atoms with Gasteiger partial charge in [-0.2, -0.15) is 0 Å². The van der Waals surface area contributed by atoms with Gasteiger partial charge in [0.1, 0.15) is 0 Å². The maximum Gasteiger partial charge on any atom is 0.0589 e. The third-order valence-electron chi connectivity index (χ3n) is 3.01. The Morgan fingerprint density at radius 1 is 1.31 bits per heavy atom. The Balaban J connectivity index is 2.37. The summed E-state index contributed by atoms with van der Waals surface area (Å²) in [4.78, 5) is 4.90. The molecule has 1 fully saturated rings. The number of hydrogen-bond donors (Lipinski definition) is 0. The standard InChI is InChI=1S/C10H22N2O/c1-10(2)9-12(7-8-13-4)6-5-11(10)3/h5-9H2,1-4H3. The number of rotatable bonds is 3. The van der Waals surface area contributed by atoms with Gasteiger partial charge >= 0.3 is 0 Å². The van der Waals surface area contributed by atoms with Crippen LogP contribution >= 0.6 is 0 Å². The van der Waals surface area contributed by atoms with Crippen LogP contribution in [-0.4, -0.2) is 62.3 Å². The molecule has 0 aromatic rings. The van der Waals surface area contributed by atoms with Crippen molar-refractivity contribution in [2.75, 3.05) is 46.9 Å². The van der Waals surface area contributed by atoms with Gasteiger partial charge in [0.25, 0.3) is 0 Å². The molecule has 0 bridgehead atoms. The summed E-state index contributed by atoms with van der Waals surface area (Å²) in [7, 11) is 3.97. The average Bonchev–Trinajstić information content (AvgIpc) is 2.07. The molecule has 0 radical (unpaired) electrons. The smallest absolute Gasteiger partial charge is 0.0589 e. The van der Waals surface area contributed by atoms with Crippen molar-refractivity contribution in [3.8, 4) is 0 Å². The Morgan fingerprint density at radius 3 is 2.54 bits per heavy atom. The predicted molar refractivity (Wildman–Crippen MR) is 55.0 cm³/mol. The summed E-state index contributed by atoms with van der Waals surface area (Å²) in [6, 6.07) is 0. The topological polar surface area (TPSA) is 15.7 Å². The highest BCUT2D eigenvalue weighted by molar-refractivity contribution is 4.87. The number of nitrogens with zero attached hydrogens (tertiary/aromatic N) is 2. The van der Waals surface area contributed by atoms with E-state index in [4.69, 9.17) is 4.74 Å². The van der Waals surface area contributed by atoms with E-state index in [0.29, 0.717) is 5.54 Å². The van der Waals surface area contributed by atoms with Crippen molar-refractivity contribution in [2.24, 2.45) is 0 Å². The number of ether oxygens (including phenoxy) is 1. The van der Waals surface area contributed by atoms with Crippen LogP contribution in [0.1, 0.15) is 13.8 Å². The van der Waals surface area contributed by atoms with Gasteiger partial charge in [0.2, 0.25) is 0 Å². The van der Waals surface area contributed by atoms with E-state index in [0.717, 1.165) is 26.2 Å². The Bertz CT molecular complexity index is 157. The molecular formula is C10H22N2O. The fourth-order valence-electron chi connectivity index (χ4n) is 1.75. The van der Waals surface area contributed by atoms with Gasteiger partial charge in [-0.1, -0.05) is 0 Å². The van der Waals surface area contributed by atoms with Crippen molar-refractivity contribution >= 4 is 0 Å². The average molecular weight is 186 g/mol. The maximum atomic E-state index is 5.08. The molecule has 0 aliphatic carbocycles. The molecule has 78 valence electrons. The van der Waals surface area contributed by atoms with Gasteiger partial charge in [0.15, 0.2) is 0 Å². The van der Waals surface area contributed by atoms with E-state index in [2.05, 4.69) is 30.7 Å². The SMILES string of the molecule is COCCN1CCN(C)C(C)(C)C1. The molecule has 1 heterocycles. The predicted octanol–water partition coefficient (Wildman–Crippen LogP) is 0.659. The number of hydrogen-bond acceptors (Lipinski definition) is 3. The lowest BCUT2D eigenvalue weighted by Gasteiger charge is -2.45. The van der Waals surface area contributed by atoms with Gasteiger partial charge in [-0.25, -0.2) is 0 Å². The molecule has 1 saturated heterocycles. The fourth-order valence-corrected chi connectivity index (χ4v) is 1.75. The number of methoxy groups -OCH3 is 1. The third kappa shape index (κ3) is 2.93. The van der Waals surface area contributed by atoms with E-state index < -0.39 is 0 Å². The van der Waals surface area contributed by atoms with E-state index in [-0.39, 0.29) is 0 Å². The fraction of sp³-hybridized carbons (Fsp3) is 1.00. The molecule has 0 spiro atoms. The molecule has 1 rings (SSSR count). The second-order valence-corrected chi connectivity index (χ2v) is 4.50. The van der Waals surface area contributed by atoms with Crippen molar-refractivity contribution < 1.29 is 4.74 Å². The third-order valence-corrected chi connectivity index (χ3v) is 3.01. The lowest BCUT2D eigenvalue weighted by atomic mass is 10.00. The van der Waals surface area contributed by atoms with Crippen LogP contribution in [0.15, 0.2) is 0 Å². The molecule has 0 N–H and O–H groups in total. The summed E-state index contributed by atoms with van der Waals surface area (Å²) in [5, 5.41) is 0. The first-order valence-corrected chi connectivity index (χ1v) is 4.99. The number of piperazine rings is 1. The molecule has 0 atom stereocenters. The van der Waals surface area contributed by atoms with Crippen LogP contribution in [-0.2, 0) is 4.74 Å². The van der Waals surface area contributed by atoms with E-state index in [9.17, 15) is 0 Å². The first-order chi connectivity index (χ1) is 6.06. The minimum absolute atomic E-state index is 0.311. The van der Waals surface area contributed by atoms with Crippen LogP contribution in [0.2, 0.25) is 0 Å². The van der Waals surface area contributed by atoms with Gasteiger partial charge in [0, 0.05) is 38.8 Å². The van der Waals surface area contributed by atoms with E-state index in [1.54, 1.807) is 7.11 Å². The Morgan fingerprint density at radius 2 is 2.00 bits per heavy atom. The zero-order valence-corrected chi connectivity index (χ0v) is 9.34. The van der Waals surface area contributed by atoms with Gasteiger partial charge in [-0.05, 0) is 20.9 Å². The summed E-state index contributed by atoms with van der Waals surface area (Å²) in [6.45, 7) is 9.98. The van der Waals surface area contributed by atoms with Crippen molar-refractivity contribution in [1.29, 1.82) is 0 Å². The minimum atomic E-state index is 0.311.